The third-order valence-electron chi connectivity index (χ3n) is 5.04. The van der Waals surface area contributed by atoms with Crippen LogP contribution in [0.25, 0.3) is 11.1 Å². The Morgan fingerprint density at radius 2 is 1.56 bits per heavy atom. The highest BCUT2D eigenvalue weighted by molar-refractivity contribution is 5.92. The van der Waals surface area contributed by atoms with E-state index in [1.807, 2.05) is 48.5 Å². The Morgan fingerprint density at radius 3 is 2.09 bits per heavy atom. The minimum absolute atomic E-state index is 0.0556. The molecule has 0 spiro atoms. The standard InChI is InChI=1S/C22H21F3N2O5/c23-22(24,25)20(29)32-19(28)18(10-5-11-26)27-21(30)31-12-17-15-8-3-1-6-13(15)14-7-2-4-9-16(14)17/h1-4,6-9,17-18H,5,10-12,26H2,(H,27,30)/t18-/m0/s1. The number of carbonyl (C=O) groups excluding carboxylic acids is 3. The molecule has 0 saturated heterocycles. The number of nitrogens with two attached hydrogens (primary N) is 1. The lowest BCUT2D eigenvalue weighted by molar-refractivity contribution is -0.202. The van der Waals surface area contributed by atoms with E-state index in [9.17, 15) is 27.6 Å². The number of alkyl carbamates (subject to hydrolysis) is 1. The summed E-state index contributed by atoms with van der Waals surface area (Å²) in [7, 11) is 0. The Balaban J connectivity index is 1.65. The van der Waals surface area contributed by atoms with Gasteiger partial charge in [0, 0.05) is 5.92 Å². The van der Waals surface area contributed by atoms with Gasteiger partial charge in [-0.1, -0.05) is 48.5 Å². The molecule has 3 N–H and O–H groups in total. The summed E-state index contributed by atoms with van der Waals surface area (Å²) in [5.74, 6) is -4.43. The number of hydrogen-bond donors (Lipinski definition) is 2. The van der Waals surface area contributed by atoms with Gasteiger partial charge < -0.3 is 20.5 Å². The smallest absolute Gasteiger partial charge is 0.449 e. The summed E-state index contributed by atoms with van der Waals surface area (Å²) < 4.78 is 46.2. The number of esters is 2. The quantitative estimate of drug-likeness (QED) is 0.495. The predicted octanol–water partition coefficient (Wildman–Crippen LogP) is 3.26. The molecule has 1 aliphatic rings. The third-order valence-corrected chi connectivity index (χ3v) is 5.04. The summed E-state index contributed by atoms with van der Waals surface area (Å²) >= 11 is 0. The van der Waals surface area contributed by atoms with Crippen molar-refractivity contribution in [3.63, 3.8) is 0 Å². The van der Waals surface area contributed by atoms with Gasteiger partial charge in [-0.3, -0.25) is 0 Å². The molecular formula is C22H21F3N2O5. The molecular weight excluding hydrogens is 429 g/mol. The molecule has 3 rings (SSSR count). The minimum atomic E-state index is -5.34. The number of benzene rings is 2. The Hall–Kier alpha value is -3.40. The molecule has 0 fully saturated rings. The largest absolute Gasteiger partial charge is 0.491 e. The Kier molecular flexibility index (Phi) is 7.14. The normalized spacial score (nSPS) is 13.6. The molecule has 0 heterocycles. The molecule has 170 valence electrons. The van der Waals surface area contributed by atoms with Crippen LogP contribution in [0.4, 0.5) is 18.0 Å². The average molecular weight is 450 g/mol. The van der Waals surface area contributed by atoms with Gasteiger partial charge in [-0.05, 0) is 41.6 Å². The van der Waals surface area contributed by atoms with Crippen LogP contribution in [-0.2, 0) is 19.1 Å². The van der Waals surface area contributed by atoms with Crippen LogP contribution in [0.1, 0.15) is 29.9 Å². The van der Waals surface area contributed by atoms with E-state index >= 15 is 0 Å². The maximum atomic E-state index is 12.4. The van der Waals surface area contributed by atoms with E-state index in [4.69, 9.17) is 10.5 Å². The van der Waals surface area contributed by atoms with Crippen molar-refractivity contribution < 1.29 is 37.0 Å². The lowest BCUT2D eigenvalue weighted by atomic mass is 9.98. The molecule has 1 aliphatic carbocycles. The van der Waals surface area contributed by atoms with Crippen LogP contribution in [-0.4, -0.2) is 43.4 Å². The fourth-order valence-corrected chi connectivity index (χ4v) is 3.57. The molecule has 32 heavy (non-hydrogen) atoms. The van der Waals surface area contributed by atoms with Crippen molar-refractivity contribution >= 4 is 18.0 Å². The summed E-state index contributed by atoms with van der Waals surface area (Å²) in [5.41, 5.74) is 9.35. The molecule has 0 aromatic heterocycles. The molecule has 0 aliphatic heterocycles. The van der Waals surface area contributed by atoms with Crippen molar-refractivity contribution in [2.75, 3.05) is 13.2 Å². The predicted molar refractivity (Wildman–Crippen MR) is 107 cm³/mol. The number of amides is 1. The summed E-state index contributed by atoms with van der Waals surface area (Å²) in [6.07, 6.45) is -6.28. The van der Waals surface area contributed by atoms with E-state index < -0.39 is 30.2 Å². The van der Waals surface area contributed by atoms with Crippen molar-refractivity contribution in [3.05, 3.63) is 59.7 Å². The molecule has 1 amide bonds. The molecule has 0 bridgehead atoms. The molecule has 7 nitrogen and oxygen atoms in total. The summed E-state index contributed by atoms with van der Waals surface area (Å²) in [6, 6.07) is 13.8. The van der Waals surface area contributed by atoms with E-state index in [0.717, 1.165) is 22.3 Å². The van der Waals surface area contributed by atoms with Gasteiger partial charge in [0.05, 0.1) is 0 Å². The minimum Gasteiger partial charge on any atom is -0.449 e. The van der Waals surface area contributed by atoms with Gasteiger partial charge >= 0.3 is 24.2 Å². The van der Waals surface area contributed by atoms with Crippen LogP contribution in [0.5, 0.6) is 0 Å². The lowest BCUT2D eigenvalue weighted by Crippen LogP contribution is -2.44. The summed E-state index contributed by atoms with van der Waals surface area (Å²) in [5, 5.41) is 2.17. The second-order valence-electron chi connectivity index (χ2n) is 7.16. The van der Waals surface area contributed by atoms with Gasteiger partial charge in [-0.15, -0.1) is 0 Å². The number of nitrogens with one attached hydrogen (secondary N) is 1. The first-order valence-electron chi connectivity index (χ1n) is 9.86. The van der Waals surface area contributed by atoms with E-state index in [1.54, 1.807) is 0 Å². The van der Waals surface area contributed by atoms with Crippen molar-refractivity contribution in [3.8, 4) is 11.1 Å². The van der Waals surface area contributed by atoms with Crippen LogP contribution < -0.4 is 11.1 Å². The highest BCUT2D eigenvalue weighted by Crippen LogP contribution is 2.44. The summed E-state index contributed by atoms with van der Waals surface area (Å²) in [4.78, 5) is 35.2. The number of hydrogen-bond acceptors (Lipinski definition) is 6. The summed E-state index contributed by atoms with van der Waals surface area (Å²) in [6.45, 7) is 0.0589. The number of rotatable bonds is 7. The van der Waals surface area contributed by atoms with Gasteiger partial charge in [-0.25, -0.2) is 14.4 Å². The lowest BCUT2D eigenvalue weighted by Gasteiger charge is -2.19. The molecule has 2 aromatic rings. The van der Waals surface area contributed by atoms with Gasteiger partial charge in [0.1, 0.15) is 12.6 Å². The van der Waals surface area contributed by atoms with Crippen molar-refractivity contribution in [1.82, 2.24) is 5.32 Å². The van der Waals surface area contributed by atoms with Crippen LogP contribution in [0.3, 0.4) is 0 Å². The van der Waals surface area contributed by atoms with Gasteiger partial charge in [0.25, 0.3) is 0 Å². The molecule has 2 aromatic carbocycles. The SMILES string of the molecule is NCCC[C@H](NC(=O)OCC1c2ccccc2-c2ccccc21)C(=O)OC(=O)C(F)(F)F. The Morgan fingerprint density at radius 1 is 1.00 bits per heavy atom. The van der Waals surface area contributed by atoms with E-state index in [1.165, 1.54) is 0 Å². The number of alkyl halides is 3. The van der Waals surface area contributed by atoms with Gasteiger partial charge in [0.2, 0.25) is 0 Å². The van der Waals surface area contributed by atoms with Crippen LogP contribution in [0.2, 0.25) is 0 Å². The topological polar surface area (TPSA) is 108 Å². The third kappa shape index (κ3) is 5.25. The first-order valence-corrected chi connectivity index (χ1v) is 9.86. The van der Waals surface area contributed by atoms with Crippen molar-refractivity contribution in [2.45, 2.75) is 31.0 Å². The van der Waals surface area contributed by atoms with Crippen molar-refractivity contribution in [1.29, 1.82) is 0 Å². The van der Waals surface area contributed by atoms with E-state index in [2.05, 4.69) is 10.1 Å². The fourth-order valence-electron chi connectivity index (χ4n) is 3.57. The molecule has 0 unspecified atom stereocenters. The molecule has 10 heteroatoms. The van der Waals surface area contributed by atoms with Gasteiger partial charge in [0.15, 0.2) is 0 Å². The highest BCUT2D eigenvalue weighted by Gasteiger charge is 2.43. The molecule has 0 radical (unpaired) electrons. The number of fused-ring (bicyclic) bond motifs is 3. The second kappa shape index (κ2) is 9.82. The molecule has 1 atom stereocenters. The average Bonchev–Trinajstić information content (AvgIpc) is 3.08. The second-order valence-corrected chi connectivity index (χ2v) is 7.16. The van der Waals surface area contributed by atoms with E-state index in [-0.39, 0.29) is 31.9 Å². The highest BCUT2D eigenvalue weighted by atomic mass is 19.4. The zero-order chi connectivity index (χ0) is 23.3. The Bertz CT molecular complexity index is 964. The number of carbonyl (C=O) groups is 3. The maximum Gasteiger partial charge on any atom is 0.491 e. The van der Waals surface area contributed by atoms with Crippen LogP contribution in [0, 0.1) is 0 Å². The Labute approximate surface area is 181 Å². The van der Waals surface area contributed by atoms with E-state index in [0.29, 0.717) is 0 Å². The zero-order valence-electron chi connectivity index (χ0n) is 16.9. The van der Waals surface area contributed by atoms with Crippen LogP contribution >= 0.6 is 0 Å². The van der Waals surface area contributed by atoms with Crippen molar-refractivity contribution in [2.24, 2.45) is 5.73 Å². The first kappa shape index (κ1) is 23.3. The maximum absolute atomic E-state index is 12.4. The monoisotopic (exact) mass is 450 g/mol. The zero-order valence-corrected chi connectivity index (χ0v) is 16.9. The molecule has 0 saturated carbocycles. The number of halogens is 3. The van der Waals surface area contributed by atoms with Gasteiger partial charge in [-0.2, -0.15) is 13.2 Å². The fraction of sp³-hybridized carbons (Fsp3) is 0.318. The van der Waals surface area contributed by atoms with Crippen LogP contribution in [0.15, 0.2) is 48.5 Å². The number of ether oxygens (including phenoxy) is 2. The first-order chi connectivity index (χ1) is 15.2.